The summed E-state index contributed by atoms with van der Waals surface area (Å²) in [5.74, 6) is -2.21. The molecule has 0 saturated heterocycles. The average Bonchev–Trinajstić information content (AvgIpc) is 2.39. The highest BCUT2D eigenvalue weighted by Gasteiger charge is 2.35. The minimum Gasteiger partial charge on any atom is -0.320 e. The van der Waals surface area contributed by atoms with Gasteiger partial charge in [-0.3, -0.25) is 0 Å². The van der Waals surface area contributed by atoms with Gasteiger partial charge in [0.05, 0.1) is 11.6 Å². The molecule has 7 heteroatoms. The fourth-order valence-electron chi connectivity index (χ4n) is 1.93. The molecule has 2 aromatic rings. The number of hydrogen-bond acceptors (Lipinski definition) is 1. The molecule has 112 valence electrons. The van der Waals surface area contributed by atoms with Gasteiger partial charge in [-0.1, -0.05) is 28.1 Å². The first-order valence-corrected chi connectivity index (χ1v) is 6.57. The van der Waals surface area contributed by atoms with Crippen LogP contribution in [0, 0.1) is 11.6 Å². The first-order chi connectivity index (χ1) is 9.71. The van der Waals surface area contributed by atoms with Crippen molar-refractivity contribution in [3.8, 4) is 0 Å². The Bertz CT molecular complexity index is 669. The molecular weight excluding hydrogens is 357 g/mol. The zero-order chi connectivity index (χ0) is 15.8. The van der Waals surface area contributed by atoms with Crippen LogP contribution in [0.5, 0.6) is 0 Å². The molecular formula is C14H9BrF5N. The monoisotopic (exact) mass is 365 g/mol. The van der Waals surface area contributed by atoms with Gasteiger partial charge in [-0.05, 0) is 24.3 Å². The van der Waals surface area contributed by atoms with E-state index in [2.05, 4.69) is 15.9 Å². The lowest BCUT2D eigenvalue weighted by Gasteiger charge is -2.17. The summed E-state index contributed by atoms with van der Waals surface area (Å²) in [6.07, 6.45) is -4.84. The summed E-state index contributed by atoms with van der Waals surface area (Å²) in [4.78, 5) is 0. The van der Waals surface area contributed by atoms with Gasteiger partial charge in [0, 0.05) is 15.6 Å². The molecule has 21 heavy (non-hydrogen) atoms. The van der Waals surface area contributed by atoms with Crippen LogP contribution in [0.25, 0.3) is 0 Å². The first-order valence-electron chi connectivity index (χ1n) is 5.78. The fraction of sp³-hybridized carbons (Fsp3) is 0.143. The topological polar surface area (TPSA) is 26.0 Å². The van der Waals surface area contributed by atoms with Gasteiger partial charge in [-0.2, -0.15) is 13.2 Å². The van der Waals surface area contributed by atoms with Gasteiger partial charge < -0.3 is 5.73 Å². The largest absolute Gasteiger partial charge is 0.419 e. The van der Waals surface area contributed by atoms with Crippen molar-refractivity contribution in [3.63, 3.8) is 0 Å². The second kappa shape index (κ2) is 5.73. The highest BCUT2D eigenvalue weighted by Crippen LogP contribution is 2.35. The van der Waals surface area contributed by atoms with Crippen LogP contribution in [-0.2, 0) is 6.18 Å². The Morgan fingerprint density at radius 3 is 2.29 bits per heavy atom. The van der Waals surface area contributed by atoms with Crippen LogP contribution in [0.4, 0.5) is 22.0 Å². The molecule has 1 nitrogen and oxygen atoms in total. The van der Waals surface area contributed by atoms with Crippen LogP contribution < -0.4 is 5.73 Å². The van der Waals surface area contributed by atoms with E-state index in [0.717, 1.165) is 18.2 Å². The standard InChI is InChI=1S/C14H9BrF5N/c15-7-4-5-11(16)9(6-7)13(21)8-2-1-3-10(12(8)17)14(18,19)20/h1-6,13H,21H2. The van der Waals surface area contributed by atoms with E-state index in [9.17, 15) is 22.0 Å². The first kappa shape index (κ1) is 15.9. The smallest absolute Gasteiger partial charge is 0.320 e. The Hall–Kier alpha value is -1.47. The molecule has 0 aliphatic carbocycles. The number of benzene rings is 2. The fourth-order valence-corrected chi connectivity index (χ4v) is 2.31. The number of rotatable bonds is 2. The van der Waals surface area contributed by atoms with Crippen molar-refractivity contribution in [3.05, 3.63) is 69.2 Å². The number of nitrogens with two attached hydrogens (primary N) is 1. The highest BCUT2D eigenvalue weighted by atomic mass is 79.9. The van der Waals surface area contributed by atoms with E-state index in [0.29, 0.717) is 10.5 Å². The molecule has 2 N–H and O–H groups in total. The average molecular weight is 366 g/mol. The minimum absolute atomic E-state index is 0.0948. The summed E-state index contributed by atoms with van der Waals surface area (Å²) in [7, 11) is 0. The summed E-state index contributed by atoms with van der Waals surface area (Å²) in [6, 6.07) is 5.23. The molecule has 0 saturated carbocycles. The van der Waals surface area contributed by atoms with Crippen molar-refractivity contribution >= 4 is 15.9 Å². The van der Waals surface area contributed by atoms with Gasteiger partial charge in [-0.15, -0.1) is 0 Å². The maximum absolute atomic E-state index is 14.0. The molecule has 0 aliphatic heterocycles. The van der Waals surface area contributed by atoms with Crippen LogP contribution >= 0.6 is 15.9 Å². The van der Waals surface area contributed by atoms with Gasteiger partial charge >= 0.3 is 6.18 Å². The number of alkyl halides is 3. The van der Waals surface area contributed by atoms with Gasteiger partial charge in [0.2, 0.25) is 0 Å². The van der Waals surface area contributed by atoms with E-state index in [-0.39, 0.29) is 5.56 Å². The van der Waals surface area contributed by atoms with Crippen molar-refractivity contribution in [2.45, 2.75) is 12.2 Å². The molecule has 0 heterocycles. The summed E-state index contributed by atoms with van der Waals surface area (Å²) < 4.78 is 66.2. The zero-order valence-electron chi connectivity index (χ0n) is 10.4. The summed E-state index contributed by atoms with van der Waals surface area (Å²) in [5, 5.41) is 0. The Morgan fingerprint density at radius 1 is 1.00 bits per heavy atom. The molecule has 0 aliphatic rings. The van der Waals surface area contributed by atoms with Gasteiger partial charge in [-0.25, -0.2) is 8.78 Å². The third kappa shape index (κ3) is 3.24. The van der Waals surface area contributed by atoms with Crippen LogP contribution in [0.3, 0.4) is 0 Å². The maximum Gasteiger partial charge on any atom is 0.419 e. The predicted octanol–water partition coefficient (Wildman–Crippen LogP) is 4.79. The summed E-state index contributed by atoms with van der Waals surface area (Å²) in [6.45, 7) is 0. The second-order valence-corrected chi connectivity index (χ2v) is 5.27. The quantitative estimate of drug-likeness (QED) is 0.760. The molecule has 0 amide bonds. The Kier molecular flexibility index (Phi) is 4.34. The molecule has 2 aromatic carbocycles. The molecule has 0 radical (unpaired) electrons. The molecule has 2 rings (SSSR count). The lowest BCUT2D eigenvalue weighted by atomic mass is 9.96. The van der Waals surface area contributed by atoms with Crippen LogP contribution in [0.2, 0.25) is 0 Å². The Labute approximate surface area is 125 Å². The van der Waals surface area contributed by atoms with Gasteiger partial charge in [0.25, 0.3) is 0 Å². The molecule has 1 atom stereocenters. The normalized spacial score (nSPS) is 13.3. The lowest BCUT2D eigenvalue weighted by Crippen LogP contribution is -2.18. The molecule has 0 bridgehead atoms. The van der Waals surface area contributed by atoms with Crippen molar-refractivity contribution in [2.75, 3.05) is 0 Å². The Morgan fingerprint density at radius 2 is 1.67 bits per heavy atom. The van der Waals surface area contributed by atoms with E-state index in [1.165, 1.54) is 12.1 Å². The van der Waals surface area contributed by atoms with E-state index in [4.69, 9.17) is 5.73 Å². The van der Waals surface area contributed by atoms with Crippen molar-refractivity contribution in [1.29, 1.82) is 0 Å². The third-order valence-corrected chi connectivity index (χ3v) is 3.46. The summed E-state index contributed by atoms with van der Waals surface area (Å²) in [5.41, 5.74) is 3.80. The van der Waals surface area contributed by atoms with Crippen LogP contribution in [0.15, 0.2) is 40.9 Å². The second-order valence-electron chi connectivity index (χ2n) is 4.35. The van der Waals surface area contributed by atoms with E-state index in [1.807, 2.05) is 0 Å². The van der Waals surface area contributed by atoms with Crippen molar-refractivity contribution < 1.29 is 22.0 Å². The van der Waals surface area contributed by atoms with E-state index in [1.54, 1.807) is 0 Å². The SMILES string of the molecule is NC(c1cc(Br)ccc1F)c1cccc(C(F)(F)F)c1F. The molecule has 1 unspecified atom stereocenters. The lowest BCUT2D eigenvalue weighted by molar-refractivity contribution is -0.140. The minimum atomic E-state index is -4.84. The maximum atomic E-state index is 14.0. The number of hydrogen-bond donors (Lipinski definition) is 1. The summed E-state index contributed by atoms with van der Waals surface area (Å²) >= 11 is 3.11. The van der Waals surface area contributed by atoms with E-state index >= 15 is 0 Å². The van der Waals surface area contributed by atoms with Crippen molar-refractivity contribution in [2.24, 2.45) is 5.73 Å². The molecule has 0 spiro atoms. The van der Waals surface area contributed by atoms with Crippen molar-refractivity contribution in [1.82, 2.24) is 0 Å². The molecule has 0 fully saturated rings. The zero-order valence-corrected chi connectivity index (χ0v) is 12.0. The van der Waals surface area contributed by atoms with Crippen LogP contribution in [-0.4, -0.2) is 0 Å². The van der Waals surface area contributed by atoms with Gasteiger partial charge in [0.15, 0.2) is 0 Å². The molecule has 0 aromatic heterocycles. The predicted molar refractivity (Wildman–Crippen MR) is 71.5 cm³/mol. The van der Waals surface area contributed by atoms with Crippen LogP contribution in [0.1, 0.15) is 22.7 Å². The number of halogens is 6. The third-order valence-electron chi connectivity index (χ3n) is 2.96. The highest BCUT2D eigenvalue weighted by molar-refractivity contribution is 9.10. The van der Waals surface area contributed by atoms with Gasteiger partial charge in [0.1, 0.15) is 11.6 Å². The van der Waals surface area contributed by atoms with E-state index < -0.39 is 35.0 Å². The Balaban J connectivity index is 2.54.